The van der Waals surface area contributed by atoms with Crippen molar-refractivity contribution in [1.29, 1.82) is 0 Å². The third kappa shape index (κ3) is 5.07. The monoisotopic (exact) mass is 576 g/mol. The number of ether oxygens (including phenoxy) is 1. The zero-order chi connectivity index (χ0) is 30.4. The van der Waals surface area contributed by atoms with Crippen LogP contribution in [0.3, 0.4) is 0 Å². The maximum atomic E-state index is 13.3. The van der Waals surface area contributed by atoms with E-state index in [1.54, 1.807) is 18.9 Å². The summed E-state index contributed by atoms with van der Waals surface area (Å²) in [5.41, 5.74) is 3.99. The molecule has 42 heavy (non-hydrogen) atoms. The number of allylic oxidation sites excluding steroid dienone is 4. The molecular weight excluding hydrogens is 536 g/mol. The van der Waals surface area contributed by atoms with Crippen LogP contribution in [0, 0.1) is 17.3 Å². The second kappa shape index (κ2) is 11.2. The fraction of sp³-hybridized carbons (Fsp3) is 0.545. The largest absolute Gasteiger partial charge is 0.480 e. The van der Waals surface area contributed by atoms with E-state index in [1.165, 1.54) is 18.1 Å². The molecule has 4 aliphatic carbocycles. The lowest BCUT2D eigenvalue weighted by Gasteiger charge is -2.55. The molecule has 5 atom stereocenters. The standard InChI is InChI=1S/C33H40N2O7/c1-19(36)33(42-20(2)37)14-13-28-26-11-7-22-15-24(38)10-12-25(22)31(26)27(16-32(28,33)3)21-5-8-23(9-6-21)35(4)18-29(39)34-17-30(40)41/h5-6,8-9,15,26-28H,7,10-14,16-18H2,1-4H3,(H,34,39)(H,40,41)/t26-,27+,28-,32-,33-/m0/s1. The molecule has 0 heterocycles. The Bertz CT molecular complexity index is 1390. The Labute approximate surface area is 246 Å². The van der Waals surface area contributed by atoms with Crippen molar-refractivity contribution in [2.75, 3.05) is 25.0 Å². The van der Waals surface area contributed by atoms with E-state index in [1.807, 2.05) is 18.2 Å². The van der Waals surface area contributed by atoms with Gasteiger partial charge in [0.25, 0.3) is 0 Å². The summed E-state index contributed by atoms with van der Waals surface area (Å²) in [5.74, 6) is -1.45. The summed E-state index contributed by atoms with van der Waals surface area (Å²) in [7, 11) is 1.78. The number of carbonyl (C=O) groups is 5. The summed E-state index contributed by atoms with van der Waals surface area (Å²) in [6.07, 6.45) is 6.76. The normalized spacial score (nSPS) is 30.0. The number of hydrogen-bond donors (Lipinski definition) is 2. The van der Waals surface area contributed by atoms with Crippen LogP contribution >= 0.6 is 0 Å². The van der Waals surface area contributed by atoms with Gasteiger partial charge in [0.1, 0.15) is 6.54 Å². The maximum absolute atomic E-state index is 13.3. The SMILES string of the molecule is CC(=O)O[C@]1(C(C)=O)CC[C@H]2[C@@H]3CCC4=CC(=O)CCC4=C3[C@@H](c3ccc(N(C)CC(=O)NCC(=O)O)cc3)C[C@@]21C. The third-order valence-electron chi connectivity index (χ3n) is 10.3. The highest BCUT2D eigenvalue weighted by Gasteiger charge is 2.67. The van der Waals surface area contributed by atoms with E-state index in [-0.39, 0.29) is 41.8 Å². The number of nitrogens with zero attached hydrogens (tertiary/aromatic N) is 1. The smallest absolute Gasteiger partial charge is 0.322 e. The molecule has 0 saturated heterocycles. The van der Waals surface area contributed by atoms with E-state index in [4.69, 9.17) is 9.84 Å². The number of nitrogens with one attached hydrogen (secondary N) is 1. The minimum Gasteiger partial charge on any atom is -0.480 e. The van der Waals surface area contributed by atoms with Gasteiger partial charge in [-0.1, -0.05) is 24.6 Å². The first kappa shape index (κ1) is 29.7. The number of carboxylic acids is 1. The summed E-state index contributed by atoms with van der Waals surface area (Å²) < 4.78 is 6.00. The molecule has 2 N–H and O–H groups in total. The van der Waals surface area contributed by atoms with Crippen molar-refractivity contribution in [3.05, 3.63) is 52.6 Å². The number of amides is 1. The summed E-state index contributed by atoms with van der Waals surface area (Å²) in [6, 6.07) is 8.03. The fourth-order valence-electron chi connectivity index (χ4n) is 8.51. The van der Waals surface area contributed by atoms with Gasteiger partial charge in [-0.15, -0.1) is 0 Å². The summed E-state index contributed by atoms with van der Waals surface area (Å²) >= 11 is 0. The molecule has 4 aliphatic rings. The quantitative estimate of drug-likeness (QED) is 0.442. The molecule has 224 valence electrons. The number of benzene rings is 1. The zero-order valence-electron chi connectivity index (χ0n) is 24.8. The predicted molar refractivity (Wildman–Crippen MR) is 156 cm³/mol. The van der Waals surface area contributed by atoms with Crippen LogP contribution in [-0.2, 0) is 28.7 Å². The van der Waals surface area contributed by atoms with Crippen LogP contribution in [-0.4, -0.2) is 60.3 Å². The Morgan fingerprint density at radius 3 is 2.43 bits per heavy atom. The number of fused-ring (bicyclic) bond motifs is 4. The van der Waals surface area contributed by atoms with E-state index in [0.717, 1.165) is 42.5 Å². The highest BCUT2D eigenvalue weighted by Crippen LogP contribution is 2.67. The van der Waals surface area contributed by atoms with Crippen LogP contribution in [0.5, 0.6) is 0 Å². The Hall–Kier alpha value is -3.75. The Balaban J connectivity index is 1.53. The van der Waals surface area contributed by atoms with E-state index >= 15 is 0 Å². The van der Waals surface area contributed by atoms with Crippen molar-refractivity contribution in [3.63, 3.8) is 0 Å². The van der Waals surface area contributed by atoms with Gasteiger partial charge in [0.15, 0.2) is 17.2 Å². The summed E-state index contributed by atoms with van der Waals surface area (Å²) in [4.78, 5) is 62.7. The molecule has 9 heteroatoms. The minimum atomic E-state index is -1.17. The van der Waals surface area contributed by atoms with Crippen LogP contribution < -0.4 is 10.2 Å². The molecule has 1 aromatic rings. The maximum Gasteiger partial charge on any atom is 0.322 e. The predicted octanol–water partition coefficient (Wildman–Crippen LogP) is 4.11. The van der Waals surface area contributed by atoms with Gasteiger partial charge in [-0.25, -0.2) is 0 Å². The fourth-order valence-corrected chi connectivity index (χ4v) is 8.51. The second-order valence-electron chi connectivity index (χ2n) is 12.6. The van der Waals surface area contributed by atoms with Gasteiger partial charge in [-0.2, -0.15) is 0 Å². The first-order valence-electron chi connectivity index (χ1n) is 14.8. The number of rotatable bonds is 8. The Morgan fingerprint density at radius 1 is 1.07 bits per heavy atom. The Morgan fingerprint density at radius 2 is 1.79 bits per heavy atom. The average Bonchev–Trinajstić information content (AvgIpc) is 3.23. The number of aliphatic carboxylic acids is 1. The number of carbonyl (C=O) groups excluding carboxylic acids is 4. The van der Waals surface area contributed by atoms with E-state index in [0.29, 0.717) is 19.3 Å². The lowest BCUT2D eigenvalue weighted by Crippen LogP contribution is -2.57. The van der Waals surface area contributed by atoms with Crippen molar-refractivity contribution in [1.82, 2.24) is 5.32 Å². The number of carboxylic acid groups (broad SMARTS) is 1. The van der Waals surface area contributed by atoms with Crippen LogP contribution in [0.4, 0.5) is 5.69 Å². The van der Waals surface area contributed by atoms with E-state index in [2.05, 4.69) is 24.4 Å². The van der Waals surface area contributed by atoms with Crippen molar-refractivity contribution in [3.8, 4) is 0 Å². The first-order valence-corrected chi connectivity index (χ1v) is 14.8. The molecule has 0 spiro atoms. The van der Waals surface area contributed by atoms with Crippen LogP contribution in [0.15, 0.2) is 47.1 Å². The van der Waals surface area contributed by atoms with Crippen LogP contribution in [0.1, 0.15) is 77.2 Å². The van der Waals surface area contributed by atoms with Crippen molar-refractivity contribution in [2.24, 2.45) is 17.3 Å². The molecule has 0 aliphatic heterocycles. The number of esters is 1. The number of ketones is 2. The molecule has 9 nitrogen and oxygen atoms in total. The minimum absolute atomic E-state index is 0.0128. The molecule has 0 unspecified atom stereocenters. The lowest BCUT2D eigenvalue weighted by molar-refractivity contribution is -0.182. The zero-order valence-corrected chi connectivity index (χ0v) is 24.8. The van der Waals surface area contributed by atoms with Gasteiger partial charge in [0.2, 0.25) is 5.91 Å². The van der Waals surface area contributed by atoms with Crippen molar-refractivity contribution >= 4 is 35.1 Å². The molecule has 2 saturated carbocycles. The Kier molecular flexibility index (Phi) is 7.89. The van der Waals surface area contributed by atoms with Crippen LogP contribution in [0.25, 0.3) is 0 Å². The van der Waals surface area contributed by atoms with Gasteiger partial charge in [0, 0.05) is 37.4 Å². The van der Waals surface area contributed by atoms with Crippen LogP contribution in [0.2, 0.25) is 0 Å². The van der Waals surface area contributed by atoms with Gasteiger partial charge in [0.05, 0.1) is 6.54 Å². The van der Waals surface area contributed by atoms with Gasteiger partial charge >= 0.3 is 11.9 Å². The molecule has 1 aromatic carbocycles. The number of likely N-dealkylation sites (N-methyl/N-ethyl adjacent to an activating group) is 1. The highest BCUT2D eigenvalue weighted by atomic mass is 16.6. The highest BCUT2D eigenvalue weighted by molar-refractivity contribution is 5.93. The van der Waals surface area contributed by atoms with E-state index < -0.39 is 29.5 Å². The molecule has 0 aromatic heterocycles. The molecule has 1 amide bonds. The molecule has 5 rings (SSSR count). The van der Waals surface area contributed by atoms with Crippen molar-refractivity contribution < 1.29 is 33.8 Å². The molecule has 0 radical (unpaired) electrons. The third-order valence-corrected chi connectivity index (χ3v) is 10.3. The number of hydrogen-bond acceptors (Lipinski definition) is 7. The van der Waals surface area contributed by atoms with Crippen molar-refractivity contribution in [2.45, 2.75) is 77.2 Å². The molecule has 0 bridgehead atoms. The first-order chi connectivity index (χ1) is 19.9. The topological polar surface area (TPSA) is 130 Å². The average molecular weight is 577 g/mol. The molecular formula is C33H40N2O7. The second-order valence-corrected chi connectivity index (χ2v) is 12.6. The van der Waals surface area contributed by atoms with Gasteiger partial charge in [-0.05, 0) is 92.2 Å². The molecule has 2 fully saturated rings. The summed E-state index contributed by atoms with van der Waals surface area (Å²) in [5, 5.41) is 11.2. The van der Waals surface area contributed by atoms with E-state index in [9.17, 15) is 24.0 Å². The van der Waals surface area contributed by atoms with Gasteiger partial charge in [-0.3, -0.25) is 24.0 Å². The van der Waals surface area contributed by atoms with Gasteiger partial charge < -0.3 is 20.1 Å². The summed E-state index contributed by atoms with van der Waals surface area (Å²) in [6.45, 7) is 4.65. The number of Topliss-reactive ketones (excluding diaryl/α,β-unsaturated/α-hetero) is 1. The lowest BCUT2D eigenvalue weighted by atomic mass is 9.50. The number of anilines is 1.